The highest BCUT2D eigenvalue weighted by Gasteiger charge is 2.44. The second-order valence-electron chi connectivity index (χ2n) is 6.81. The van der Waals surface area contributed by atoms with Crippen LogP contribution in [0.2, 0.25) is 0 Å². The maximum absolute atomic E-state index is 12.6. The summed E-state index contributed by atoms with van der Waals surface area (Å²) in [6.45, 7) is 7.69. The Bertz CT molecular complexity index is 652. The van der Waals surface area contributed by atoms with Crippen LogP contribution in [0, 0.1) is 6.92 Å². The quantitative estimate of drug-likeness (QED) is 0.845. The molecule has 1 aromatic carbocycles. The number of hydrogen-bond donors (Lipinski definition) is 1. The van der Waals surface area contributed by atoms with Crippen molar-refractivity contribution in [1.29, 1.82) is 0 Å². The van der Waals surface area contributed by atoms with Crippen LogP contribution in [0.1, 0.15) is 36.2 Å². The van der Waals surface area contributed by atoms with Crippen molar-refractivity contribution >= 4 is 17.5 Å². The van der Waals surface area contributed by atoms with E-state index in [0.29, 0.717) is 37.6 Å². The predicted molar refractivity (Wildman–Crippen MR) is 90.5 cm³/mol. The summed E-state index contributed by atoms with van der Waals surface area (Å²) in [5, 5.41) is 2.92. The third-order valence-corrected chi connectivity index (χ3v) is 4.62. The molecule has 0 saturated carbocycles. The van der Waals surface area contributed by atoms with E-state index in [2.05, 4.69) is 5.32 Å². The Kier molecular flexibility index (Phi) is 4.60. The molecule has 0 unspecified atom stereocenters. The maximum Gasteiger partial charge on any atom is 0.322 e. The number of aryl methyl sites for hydroxylation is 1. The molecule has 2 saturated heterocycles. The van der Waals surface area contributed by atoms with Gasteiger partial charge in [0.15, 0.2) is 5.78 Å². The Morgan fingerprint density at radius 1 is 1.38 bits per heavy atom. The average Bonchev–Trinajstić information content (AvgIpc) is 2.93. The van der Waals surface area contributed by atoms with Gasteiger partial charge in [0.2, 0.25) is 0 Å². The van der Waals surface area contributed by atoms with Crippen LogP contribution >= 0.6 is 0 Å². The SMILES string of the molecule is CC(=O)c1ccc(NC(=O)N2C[C@@H](C)O[C@]3(CCOC3)C2)cc1C. The molecule has 2 fully saturated rings. The molecule has 1 spiro atoms. The van der Waals surface area contributed by atoms with Crippen LogP contribution < -0.4 is 5.32 Å². The van der Waals surface area contributed by atoms with Gasteiger partial charge in [-0.3, -0.25) is 4.79 Å². The highest BCUT2D eigenvalue weighted by molar-refractivity contribution is 5.97. The highest BCUT2D eigenvalue weighted by atomic mass is 16.6. The summed E-state index contributed by atoms with van der Waals surface area (Å²) in [5.41, 5.74) is 1.85. The third kappa shape index (κ3) is 3.44. The first-order valence-electron chi connectivity index (χ1n) is 8.32. The molecule has 130 valence electrons. The van der Waals surface area contributed by atoms with Gasteiger partial charge in [-0.05, 0) is 44.5 Å². The van der Waals surface area contributed by atoms with Crippen molar-refractivity contribution < 1.29 is 19.1 Å². The molecule has 1 N–H and O–H groups in total. The Hall–Kier alpha value is -1.92. The smallest absolute Gasteiger partial charge is 0.322 e. The number of nitrogens with zero attached hydrogens (tertiary/aromatic N) is 1. The molecule has 6 nitrogen and oxygen atoms in total. The van der Waals surface area contributed by atoms with E-state index in [1.165, 1.54) is 0 Å². The molecule has 1 aromatic rings. The summed E-state index contributed by atoms with van der Waals surface area (Å²) in [6, 6.07) is 5.19. The van der Waals surface area contributed by atoms with Crippen LogP contribution in [0.5, 0.6) is 0 Å². The van der Waals surface area contributed by atoms with E-state index in [4.69, 9.17) is 9.47 Å². The van der Waals surface area contributed by atoms with Gasteiger partial charge < -0.3 is 19.7 Å². The van der Waals surface area contributed by atoms with Gasteiger partial charge in [-0.2, -0.15) is 0 Å². The number of anilines is 1. The number of urea groups is 1. The van der Waals surface area contributed by atoms with Crippen LogP contribution in [0.4, 0.5) is 10.5 Å². The minimum atomic E-state index is -0.372. The Labute approximate surface area is 142 Å². The van der Waals surface area contributed by atoms with E-state index in [-0.39, 0.29) is 23.5 Å². The number of rotatable bonds is 2. The number of morpholine rings is 1. The lowest BCUT2D eigenvalue weighted by Gasteiger charge is -2.42. The number of amides is 2. The first-order chi connectivity index (χ1) is 11.4. The molecule has 2 aliphatic rings. The van der Waals surface area contributed by atoms with Gasteiger partial charge in [-0.15, -0.1) is 0 Å². The van der Waals surface area contributed by atoms with Crippen molar-refractivity contribution in [2.45, 2.75) is 38.9 Å². The topological polar surface area (TPSA) is 67.9 Å². The van der Waals surface area contributed by atoms with Crippen molar-refractivity contribution in [3.8, 4) is 0 Å². The fraction of sp³-hybridized carbons (Fsp3) is 0.556. The number of benzene rings is 1. The van der Waals surface area contributed by atoms with Crippen LogP contribution in [0.15, 0.2) is 18.2 Å². The maximum atomic E-state index is 12.6. The molecule has 24 heavy (non-hydrogen) atoms. The lowest BCUT2D eigenvalue weighted by Crippen LogP contribution is -2.57. The number of ketones is 1. The largest absolute Gasteiger partial charge is 0.378 e. The van der Waals surface area contributed by atoms with Gasteiger partial charge >= 0.3 is 6.03 Å². The first-order valence-corrected chi connectivity index (χ1v) is 8.32. The van der Waals surface area contributed by atoms with Gasteiger partial charge in [-0.25, -0.2) is 4.79 Å². The Morgan fingerprint density at radius 3 is 2.79 bits per heavy atom. The van der Waals surface area contributed by atoms with Gasteiger partial charge in [0.1, 0.15) is 5.60 Å². The molecule has 2 aliphatic heterocycles. The van der Waals surface area contributed by atoms with Crippen molar-refractivity contribution in [2.24, 2.45) is 0 Å². The van der Waals surface area contributed by atoms with Gasteiger partial charge in [0, 0.05) is 30.8 Å². The summed E-state index contributed by atoms with van der Waals surface area (Å²) in [5.74, 6) is 0.0237. The Morgan fingerprint density at radius 2 is 2.17 bits per heavy atom. The van der Waals surface area contributed by atoms with Crippen molar-refractivity contribution in [2.75, 3.05) is 31.6 Å². The minimum absolute atomic E-state index is 0.0203. The summed E-state index contributed by atoms with van der Waals surface area (Å²) in [4.78, 5) is 25.9. The summed E-state index contributed by atoms with van der Waals surface area (Å²) >= 11 is 0. The molecule has 0 aliphatic carbocycles. The molecule has 2 amide bonds. The number of Topliss-reactive ketones (excluding diaryl/α,β-unsaturated/α-hetero) is 1. The van der Waals surface area contributed by atoms with Crippen molar-refractivity contribution in [3.05, 3.63) is 29.3 Å². The van der Waals surface area contributed by atoms with E-state index < -0.39 is 0 Å². The Balaban J connectivity index is 1.70. The van der Waals surface area contributed by atoms with E-state index in [0.717, 1.165) is 12.0 Å². The van der Waals surface area contributed by atoms with Crippen LogP contribution in [-0.4, -0.2) is 54.7 Å². The number of nitrogens with one attached hydrogen (secondary N) is 1. The molecule has 6 heteroatoms. The number of carbonyl (C=O) groups excluding carboxylic acids is 2. The molecular formula is C18H24N2O4. The number of hydrogen-bond acceptors (Lipinski definition) is 4. The van der Waals surface area contributed by atoms with Crippen molar-refractivity contribution in [1.82, 2.24) is 4.90 Å². The van der Waals surface area contributed by atoms with Gasteiger partial charge in [0.25, 0.3) is 0 Å². The number of carbonyl (C=O) groups is 2. The van der Waals surface area contributed by atoms with Gasteiger partial charge in [0.05, 0.1) is 19.3 Å². The summed E-state index contributed by atoms with van der Waals surface area (Å²) in [7, 11) is 0. The fourth-order valence-electron chi connectivity index (χ4n) is 3.52. The lowest BCUT2D eigenvalue weighted by molar-refractivity contribution is -0.136. The second-order valence-corrected chi connectivity index (χ2v) is 6.81. The second kappa shape index (κ2) is 6.53. The standard InChI is InChI=1S/C18H24N2O4/c1-12-8-15(4-5-16(12)14(3)21)19-17(22)20-9-13(2)24-18(10-20)6-7-23-11-18/h4-5,8,13H,6-7,9-11H2,1-3H3,(H,19,22)/t13-,18-/m1/s1. The molecule has 0 radical (unpaired) electrons. The summed E-state index contributed by atoms with van der Waals surface area (Å²) in [6.07, 6.45) is 0.793. The molecule has 2 atom stereocenters. The summed E-state index contributed by atoms with van der Waals surface area (Å²) < 4.78 is 11.5. The average molecular weight is 332 g/mol. The van der Waals surface area contributed by atoms with Crippen LogP contribution in [-0.2, 0) is 9.47 Å². The zero-order chi connectivity index (χ0) is 17.3. The predicted octanol–water partition coefficient (Wildman–Crippen LogP) is 2.61. The molecule has 3 rings (SSSR count). The zero-order valence-corrected chi connectivity index (χ0v) is 14.4. The third-order valence-electron chi connectivity index (χ3n) is 4.62. The lowest BCUT2D eigenvalue weighted by atomic mass is 9.99. The van der Waals surface area contributed by atoms with E-state index >= 15 is 0 Å². The molecule has 0 aromatic heterocycles. The van der Waals surface area contributed by atoms with Gasteiger partial charge in [-0.1, -0.05) is 0 Å². The molecule has 2 heterocycles. The van der Waals surface area contributed by atoms with E-state index in [1.807, 2.05) is 19.9 Å². The number of ether oxygens (including phenoxy) is 2. The normalized spacial score (nSPS) is 26.6. The highest BCUT2D eigenvalue weighted by Crippen LogP contribution is 2.30. The van der Waals surface area contributed by atoms with E-state index in [9.17, 15) is 9.59 Å². The van der Waals surface area contributed by atoms with E-state index in [1.54, 1.807) is 24.0 Å². The molecular weight excluding hydrogens is 308 g/mol. The monoisotopic (exact) mass is 332 g/mol. The fourth-order valence-corrected chi connectivity index (χ4v) is 3.52. The van der Waals surface area contributed by atoms with Crippen LogP contribution in [0.3, 0.4) is 0 Å². The molecule has 0 bridgehead atoms. The minimum Gasteiger partial charge on any atom is -0.378 e. The zero-order valence-electron chi connectivity index (χ0n) is 14.4. The van der Waals surface area contributed by atoms with Crippen molar-refractivity contribution in [3.63, 3.8) is 0 Å². The van der Waals surface area contributed by atoms with Crippen LogP contribution in [0.25, 0.3) is 0 Å². The first kappa shape index (κ1) is 16.9.